The molecule has 0 saturated carbocycles. The van der Waals surface area contributed by atoms with Gasteiger partial charge < -0.3 is 14.7 Å². The number of anilines is 1. The van der Waals surface area contributed by atoms with Gasteiger partial charge in [0.05, 0.1) is 17.4 Å². The maximum absolute atomic E-state index is 11.6. The number of aromatic carboxylic acids is 1. The Balaban J connectivity index is 2.34. The molecule has 1 saturated heterocycles. The lowest BCUT2D eigenvalue weighted by Gasteiger charge is -2.22. The van der Waals surface area contributed by atoms with Crippen molar-refractivity contribution in [2.45, 2.75) is 24.3 Å². The quantitative estimate of drug-likeness (QED) is 0.841. The fraction of sp³-hybridized carbons (Fsp3) is 0.500. The third-order valence-electron chi connectivity index (χ3n) is 3.34. The van der Waals surface area contributed by atoms with Crippen LogP contribution in [0.25, 0.3) is 0 Å². The van der Waals surface area contributed by atoms with Crippen LogP contribution in [0.4, 0.5) is 5.69 Å². The monoisotopic (exact) mass is 281 g/mol. The number of benzene rings is 1. The smallest absolute Gasteiger partial charge is 0.338 e. The van der Waals surface area contributed by atoms with E-state index in [1.165, 1.54) is 0 Å². The van der Waals surface area contributed by atoms with Crippen LogP contribution in [0.3, 0.4) is 0 Å². The van der Waals surface area contributed by atoms with Crippen LogP contribution in [-0.2, 0) is 4.74 Å². The van der Waals surface area contributed by atoms with Crippen molar-refractivity contribution >= 4 is 23.4 Å². The number of carbonyl (C=O) groups is 1. The molecule has 1 aromatic carbocycles. The van der Waals surface area contributed by atoms with Gasteiger partial charge in [-0.25, -0.2) is 4.79 Å². The maximum atomic E-state index is 11.6. The molecule has 1 aromatic rings. The molecule has 104 valence electrons. The highest BCUT2D eigenvalue weighted by Gasteiger charge is 2.26. The third kappa shape index (κ3) is 3.04. The molecule has 2 rings (SSSR count). The standard InChI is InChI=1S/C14H19NO3S/c1-3-19-12-6-4-5-11(13(12)14(16)17)15-8-7-10(9-15)18-2/h4-6,10H,3,7-9H2,1-2H3,(H,16,17). The minimum absolute atomic E-state index is 0.198. The lowest BCUT2D eigenvalue weighted by Crippen LogP contribution is -2.24. The van der Waals surface area contributed by atoms with E-state index < -0.39 is 5.97 Å². The predicted octanol–water partition coefficient (Wildman–Crippen LogP) is 2.72. The molecule has 1 aliphatic heterocycles. The van der Waals surface area contributed by atoms with E-state index in [0.29, 0.717) is 5.56 Å². The van der Waals surface area contributed by atoms with Crippen LogP contribution in [0.15, 0.2) is 23.1 Å². The molecule has 0 aromatic heterocycles. The Labute approximate surface area is 117 Å². The van der Waals surface area contributed by atoms with Gasteiger partial charge in [-0.3, -0.25) is 0 Å². The molecule has 5 heteroatoms. The molecular weight excluding hydrogens is 262 g/mol. The fourth-order valence-corrected chi connectivity index (χ4v) is 3.24. The number of hydrogen-bond donors (Lipinski definition) is 1. The summed E-state index contributed by atoms with van der Waals surface area (Å²) in [5.41, 5.74) is 1.23. The molecular formula is C14H19NO3S. The molecule has 1 unspecified atom stereocenters. The van der Waals surface area contributed by atoms with Crippen LogP contribution in [-0.4, -0.2) is 43.1 Å². The van der Waals surface area contributed by atoms with Gasteiger partial charge in [0.2, 0.25) is 0 Å². The van der Waals surface area contributed by atoms with E-state index in [1.54, 1.807) is 18.9 Å². The second-order valence-corrected chi connectivity index (χ2v) is 5.79. The Hall–Kier alpha value is -1.20. The summed E-state index contributed by atoms with van der Waals surface area (Å²) in [5, 5.41) is 9.49. The highest BCUT2D eigenvalue weighted by atomic mass is 32.2. The minimum atomic E-state index is -0.854. The van der Waals surface area contributed by atoms with Crippen LogP contribution in [0.2, 0.25) is 0 Å². The average Bonchev–Trinajstić information content (AvgIpc) is 2.87. The number of carboxylic acid groups (broad SMARTS) is 1. The molecule has 0 amide bonds. The zero-order chi connectivity index (χ0) is 13.8. The van der Waals surface area contributed by atoms with Crippen molar-refractivity contribution in [2.75, 3.05) is 30.9 Å². The molecule has 1 fully saturated rings. The number of rotatable bonds is 5. The molecule has 1 heterocycles. The topological polar surface area (TPSA) is 49.8 Å². The highest BCUT2D eigenvalue weighted by molar-refractivity contribution is 7.99. The summed E-state index contributed by atoms with van der Waals surface area (Å²) in [6.07, 6.45) is 1.14. The number of nitrogens with zero attached hydrogens (tertiary/aromatic N) is 1. The zero-order valence-electron chi connectivity index (χ0n) is 11.3. The molecule has 0 aliphatic carbocycles. The van der Waals surface area contributed by atoms with Crippen molar-refractivity contribution in [1.82, 2.24) is 0 Å². The fourth-order valence-electron chi connectivity index (χ4n) is 2.41. The Morgan fingerprint density at radius 1 is 1.58 bits per heavy atom. The van der Waals surface area contributed by atoms with Crippen molar-refractivity contribution < 1.29 is 14.6 Å². The van der Waals surface area contributed by atoms with Gasteiger partial charge in [-0.05, 0) is 24.3 Å². The van der Waals surface area contributed by atoms with Crippen molar-refractivity contribution in [3.8, 4) is 0 Å². The summed E-state index contributed by atoms with van der Waals surface area (Å²) in [7, 11) is 1.70. The summed E-state index contributed by atoms with van der Waals surface area (Å²) in [4.78, 5) is 14.5. The Kier molecular flexibility index (Phi) is 4.71. The Morgan fingerprint density at radius 3 is 2.95 bits per heavy atom. The normalized spacial score (nSPS) is 18.8. The second kappa shape index (κ2) is 6.30. The van der Waals surface area contributed by atoms with Gasteiger partial charge in [0.25, 0.3) is 0 Å². The summed E-state index contributed by atoms with van der Waals surface area (Å²) in [6, 6.07) is 5.70. The van der Waals surface area contributed by atoms with Gasteiger partial charge in [0.15, 0.2) is 0 Å². The molecule has 0 spiro atoms. The van der Waals surface area contributed by atoms with Crippen LogP contribution in [0.5, 0.6) is 0 Å². The van der Waals surface area contributed by atoms with Gasteiger partial charge in [0.1, 0.15) is 0 Å². The molecule has 1 atom stereocenters. The molecule has 4 nitrogen and oxygen atoms in total. The largest absolute Gasteiger partial charge is 0.478 e. The van der Waals surface area contributed by atoms with E-state index in [-0.39, 0.29) is 6.10 Å². The van der Waals surface area contributed by atoms with E-state index >= 15 is 0 Å². The van der Waals surface area contributed by atoms with Gasteiger partial charge in [0, 0.05) is 25.1 Å². The van der Waals surface area contributed by atoms with Gasteiger partial charge in [-0.15, -0.1) is 11.8 Å². The zero-order valence-corrected chi connectivity index (χ0v) is 12.1. The SMILES string of the molecule is CCSc1cccc(N2CCC(OC)C2)c1C(=O)O. The Bertz CT molecular complexity index is 464. The predicted molar refractivity (Wildman–Crippen MR) is 77.4 cm³/mol. The molecule has 0 radical (unpaired) electrons. The lowest BCUT2D eigenvalue weighted by atomic mass is 10.1. The number of ether oxygens (including phenoxy) is 1. The van der Waals surface area contributed by atoms with Crippen molar-refractivity contribution in [2.24, 2.45) is 0 Å². The molecule has 1 N–H and O–H groups in total. The first kappa shape index (κ1) is 14.2. The number of methoxy groups -OCH3 is 1. The van der Waals surface area contributed by atoms with Gasteiger partial charge in [-0.1, -0.05) is 13.0 Å². The van der Waals surface area contributed by atoms with E-state index in [9.17, 15) is 9.90 Å². The molecule has 0 bridgehead atoms. The third-order valence-corrected chi connectivity index (χ3v) is 4.28. The van der Waals surface area contributed by atoms with E-state index in [4.69, 9.17) is 4.74 Å². The summed E-state index contributed by atoms with van der Waals surface area (Å²) >= 11 is 1.57. The number of thioether (sulfide) groups is 1. The van der Waals surface area contributed by atoms with Crippen molar-refractivity contribution in [1.29, 1.82) is 0 Å². The first-order valence-electron chi connectivity index (χ1n) is 6.44. The van der Waals surface area contributed by atoms with Crippen LogP contribution < -0.4 is 4.90 Å². The first-order valence-corrected chi connectivity index (χ1v) is 7.42. The van der Waals surface area contributed by atoms with E-state index in [1.807, 2.05) is 25.1 Å². The van der Waals surface area contributed by atoms with Crippen LogP contribution >= 0.6 is 11.8 Å². The van der Waals surface area contributed by atoms with Gasteiger partial charge >= 0.3 is 5.97 Å². The van der Waals surface area contributed by atoms with Gasteiger partial charge in [-0.2, -0.15) is 0 Å². The minimum Gasteiger partial charge on any atom is -0.478 e. The summed E-state index contributed by atoms with van der Waals surface area (Å²) in [5.74, 6) is 0.0113. The summed E-state index contributed by atoms with van der Waals surface area (Å²) in [6.45, 7) is 3.63. The van der Waals surface area contributed by atoms with Crippen LogP contribution in [0.1, 0.15) is 23.7 Å². The highest BCUT2D eigenvalue weighted by Crippen LogP contribution is 2.32. The summed E-state index contributed by atoms with van der Waals surface area (Å²) < 4.78 is 5.35. The number of hydrogen-bond acceptors (Lipinski definition) is 4. The Morgan fingerprint density at radius 2 is 2.37 bits per heavy atom. The molecule has 1 aliphatic rings. The van der Waals surface area contributed by atoms with Crippen molar-refractivity contribution in [3.63, 3.8) is 0 Å². The lowest BCUT2D eigenvalue weighted by molar-refractivity contribution is 0.0693. The van der Waals surface area contributed by atoms with E-state index in [0.717, 1.165) is 35.8 Å². The second-order valence-electron chi connectivity index (χ2n) is 4.48. The first-order chi connectivity index (χ1) is 9.17. The van der Waals surface area contributed by atoms with Crippen molar-refractivity contribution in [3.05, 3.63) is 23.8 Å². The van der Waals surface area contributed by atoms with E-state index in [2.05, 4.69) is 4.90 Å². The average molecular weight is 281 g/mol. The maximum Gasteiger partial charge on any atom is 0.338 e. The van der Waals surface area contributed by atoms with Crippen LogP contribution in [0, 0.1) is 0 Å². The number of carboxylic acids is 1. The molecule has 19 heavy (non-hydrogen) atoms.